The predicted octanol–water partition coefficient (Wildman–Crippen LogP) is 4.49. The van der Waals surface area contributed by atoms with E-state index < -0.39 is 20.7 Å². The van der Waals surface area contributed by atoms with Crippen molar-refractivity contribution >= 4 is 26.7 Å². The van der Waals surface area contributed by atoms with Gasteiger partial charge in [-0.15, -0.1) is 0 Å². The van der Waals surface area contributed by atoms with E-state index in [9.17, 15) is 13.2 Å². The highest BCUT2D eigenvalue weighted by atomic mass is 32.2. The molecule has 0 aliphatic carbocycles. The van der Waals surface area contributed by atoms with Gasteiger partial charge >= 0.3 is 5.97 Å². The summed E-state index contributed by atoms with van der Waals surface area (Å²) < 4.78 is 31.5. The Labute approximate surface area is 167 Å². The Bertz CT molecular complexity index is 1100. The molecule has 0 amide bonds. The minimum absolute atomic E-state index is 0.205. The highest BCUT2D eigenvalue weighted by molar-refractivity contribution is 8.00. The van der Waals surface area contributed by atoms with Gasteiger partial charge in [-0.2, -0.15) is 0 Å². The van der Waals surface area contributed by atoms with Gasteiger partial charge in [0.05, 0.1) is 5.92 Å². The number of fused-ring (bicyclic) bond motifs is 2. The average molecular weight is 412 g/mol. The zero-order valence-electron chi connectivity index (χ0n) is 15.5. The fraction of sp³-hybridized carbons (Fsp3) is 0.136. The van der Waals surface area contributed by atoms with Crippen molar-refractivity contribution in [2.75, 3.05) is 0 Å². The minimum atomic E-state index is -3.54. The summed E-state index contributed by atoms with van der Waals surface area (Å²) in [7, 11) is -4.09. The Balaban J connectivity index is 1.82. The predicted molar refractivity (Wildman–Crippen MR) is 107 cm³/mol. The fourth-order valence-electron chi connectivity index (χ4n) is 3.05. The van der Waals surface area contributed by atoms with Crippen LogP contribution in [0.3, 0.4) is 0 Å². The van der Waals surface area contributed by atoms with Crippen LogP contribution in [0.25, 0.3) is 0 Å². The smallest absolute Gasteiger partial charge is 0.313 e. The molecule has 0 atom stereocenters. The molecule has 0 N–H and O–H groups in total. The van der Waals surface area contributed by atoms with Crippen molar-refractivity contribution < 1.29 is 17.9 Å². The first-order valence-electron chi connectivity index (χ1n) is 8.89. The van der Waals surface area contributed by atoms with Crippen molar-refractivity contribution in [2.45, 2.75) is 38.3 Å². The van der Waals surface area contributed by atoms with Crippen LogP contribution in [0.2, 0.25) is 0 Å². The number of carbonyl (C=O) groups excluding carboxylic acids is 1. The summed E-state index contributed by atoms with van der Waals surface area (Å²) in [6, 6.07) is 21.6. The summed E-state index contributed by atoms with van der Waals surface area (Å²) in [5.41, 5.74) is 0. The molecule has 0 spiro atoms. The van der Waals surface area contributed by atoms with E-state index in [4.69, 9.17) is 4.74 Å². The highest BCUT2D eigenvalue weighted by Gasteiger charge is 2.44. The third-order valence-electron chi connectivity index (χ3n) is 4.47. The van der Waals surface area contributed by atoms with Crippen LogP contribution in [-0.4, -0.2) is 14.4 Å². The maximum absolute atomic E-state index is 13.1. The van der Waals surface area contributed by atoms with Gasteiger partial charge in [0.2, 0.25) is 9.84 Å². The van der Waals surface area contributed by atoms with Gasteiger partial charge in [-0.25, -0.2) is 8.42 Å². The van der Waals surface area contributed by atoms with E-state index in [1.807, 2.05) is 36.4 Å². The first-order valence-corrected chi connectivity index (χ1v) is 11.6. The van der Waals surface area contributed by atoms with Crippen LogP contribution in [-0.2, 0) is 25.5 Å². The van der Waals surface area contributed by atoms with E-state index in [0.29, 0.717) is 15.5 Å². The molecule has 4 nitrogen and oxygen atoms in total. The molecule has 0 radical (unpaired) electrons. The van der Waals surface area contributed by atoms with E-state index in [1.165, 1.54) is 0 Å². The molecule has 4 rings (SSSR count). The number of carbonyl (C=O) groups is 1. The van der Waals surface area contributed by atoms with Crippen LogP contribution in [0.5, 0.6) is 5.75 Å². The molecule has 1 aliphatic heterocycles. The van der Waals surface area contributed by atoms with Crippen LogP contribution in [0.1, 0.15) is 13.8 Å². The maximum Gasteiger partial charge on any atom is 0.313 e. The van der Waals surface area contributed by atoms with Crippen molar-refractivity contribution in [3.05, 3.63) is 72.8 Å². The van der Waals surface area contributed by atoms with E-state index in [1.54, 1.807) is 50.2 Å². The van der Waals surface area contributed by atoms with Gasteiger partial charge < -0.3 is 4.74 Å². The molecule has 3 aromatic rings. The summed E-state index contributed by atoms with van der Waals surface area (Å²) in [4.78, 5) is 15.1. The van der Waals surface area contributed by atoms with Crippen LogP contribution in [0.4, 0.5) is 0 Å². The summed E-state index contributed by atoms with van der Waals surface area (Å²) in [6.07, 6.45) is 0. The normalized spacial score (nSPS) is 15.0. The van der Waals surface area contributed by atoms with Gasteiger partial charge in [-0.3, -0.25) is 4.79 Å². The molecule has 0 aromatic heterocycles. The number of sulfone groups is 1. The third kappa shape index (κ3) is 3.12. The Morgan fingerprint density at radius 3 is 1.82 bits per heavy atom. The third-order valence-corrected chi connectivity index (χ3v) is 8.93. The van der Waals surface area contributed by atoms with Gasteiger partial charge in [0.15, 0.2) is 14.7 Å². The number of ether oxygens (including phenoxy) is 1. The molecular weight excluding hydrogens is 392 g/mol. The van der Waals surface area contributed by atoms with Gasteiger partial charge in [-0.1, -0.05) is 38.1 Å². The van der Waals surface area contributed by atoms with Crippen LogP contribution < -0.4 is 4.74 Å². The molecule has 0 unspecified atom stereocenters. The number of hydrogen-bond donors (Lipinski definition) is 0. The Morgan fingerprint density at radius 1 is 0.821 bits per heavy atom. The number of benzene rings is 3. The minimum Gasteiger partial charge on any atom is -0.426 e. The molecule has 3 aromatic carbocycles. The second kappa shape index (κ2) is 7.11. The molecule has 0 bridgehead atoms. The maximum atomic E-state index is 13.1. The summed E-state index contributed by atoms with van der Waals surface area (Å²) in [5, 5.41) is 0. The van der Waals surface area contributed by atoms with Crippen molar-refractivity contribution in [2.24, 2.45) is 5.92 Å². The molecule has 0 fully saturated rings. The molecule has 0 saturated carbocycles. The zero-order chi connectivity index (χ0) is 19.9. The van der Waals surface area contributed by atoms with E-state index in [-0.39, 0.29) is 11.9 Å². The van der Waals surface area contributed by atoms with Gasteiger partial charge in [0.25, 0.3) is 0 Å². The molecule has 6 heteroatoms. The monoisotopic (exact) mass is 411 g/mol. The first kappa shape index (κ1) is 18.8. The lowest BCUT2D eigenvalue weighted by atomic mass is 10.2. The van der Waals surface area contributed by atoms with Crippen molar-refractivity contribution in [1.29, 1.82) is 0 Å². The summed E-state index contributed by atoms with van der Waals surface area (Å²) in [6.45, 7) is 3.57. The lowest BCUT2D eigenvalue weighted by Crippen LogP contribution is -2.20. The van der Waals surface area contributed by atoms with Gasteiger partial charge in [0.1, 0.15) is 26.4 Å². The molecule has 0 saturated heterocycles. The second-order valence-electron chi connectivity index (χ2n) is 6.75. The Kier molecular flexibility index (Phi) is 4.77. The summed E-state index contributed by atoms with van der Waals surface area (Å²) in [5.74, 6) is -0.00393. The zero-order valence-corrected chi connectivity index (χ0v) is 17.1. The topological polar surface area (TPSA) is 60.4 Å². The Hall–Kier alpha value is -2.57. The number of rotatable bonds is 3. The molecule has 1 aliphatic rings. The van der Waals surface area contributed by atoms with E-state index in [2.05, 4.69) is 0 Å². The fourth-order valence-corrected chi connectivity index (χ4v) is 7.75. The average Bonchev–Trinajstić information content (AvgIpc) is 2.69. The quantitative estimate of drug-likeness (QED) is 0.283. The molecule has 28 heavy (non-hydrogen) atoms. The lowest BCUT2D eigenvalue weighted by Gasteiger charge is -2.19. The lowest BCUT2D eigenvalue weighted by molar-refractivity contribution is -0.137. The Morgan fingerprint density at radius 2 is 1.32 bits per heavy atom. The van der Waals surface area contributed by atoms with Crippen LogP contribution in [0.15, 0.2) is 97.3 Å². The van der Waals surface area contributed by atoms with Crippen LogP contribution >= 0.6 is 0 Å². The van der Waals surface area contributed by atoms with Gasteiger partial charge in [0, 0.05) is 0 Å². The molecular formula is C22H19O4S2+. The SMILES string of the molecule is CC(C)C(=O)Oc1ccc([S+]2c3ccccc3S(=O)(=O)c3ccccc32)cc1. The standard InChI is InChI=1S/C22H19O4S2/c1-15(2)22(23)26-16-11-13-17(14-12-16)27-18-7-3-5-9-20(18)28(24,25)21-10-6-4-8-19(21)27/h3-15H,1-2H3/q+1. The second-order valence-corrected chi connectivity index (χ2v) is 10.6. The molecule has 1 heterocycles. The number of esters is 1. The molecule has 142 valence electrons. The summed E-state index contributed by atoms with van der Waals surface area (Å²) >= 11 is 0. The van der Waals surface area contributed by atoms with E-state index in [0.717, 1.165) is 14.7 Å². The number of hydrogen-bond acceptors (Lipinski definition) is 4. The van der Waals surface area contributed by atoms with Crippen molar-refractivity contribution in [3.63, 3.8) is 0 Å². The van der Waals surface area contributed by atoms with Gasteiger partial charge in [-0.05, 0) is 48.5 Å². The largest absolute Gasteiger partial charge is 0.426 e. The highest BCUT2D eigenvalue weighted by Crippen LogP contribution is 2.44. The van der Waals surface area contributed by atoms with Crippen molar-refractivity contribution in [1.82, 2.24) is 0 Å². The van der Waals surface area contributed by atoms with E-state index >= 15 is 0 Å². The van der Waals surface area contributed by atoms with Crippen LogP contribution in [0, 0.1) is 5.92 Å². The van der Waals surface area contributed by atoms with Crippen molar-refractivity contribution in [3.8, 4) is 5.75 Å². The first-order chi connectivity index (χ1) is 13.4.